The number of nitrogens with zero attached hydrogens (tertiary/aromatic N) is 1. The van der Waals surface area contributed by atoms with Crippen molar-refractivity contribution in [3.05, 3.63) is 96.4 Å². The van der Waals surface area contributed by atoms with Crippen LogP contribution >= 0.6 is 46.4 Å². The highest BCUT2D eigenvalue weighted by molar-refractivity contribution is 6.53. The Morgan fingerprint density at radius 3 is 2.28 bits per heavy atom. The molecule has 36 heavy (non-hydrogen) atoms. The lowest BCUT2D eigenvalue weighted by molar-refractivity contribution is 0.0468. The number of hydrogen-bond acceptors (Lipinski definition) is 4. The SMILES string of the molecule is COc1ccc(/C(=C\C2OC(=O)c3c(Cl)c(Cl)c(Cl)c(Cl)c32)c2ccc(N3CCCC3)cc2)c(C)c1. The van der Waals surface area contributed by atoms with E-state index >= 15 is 0 Å². The first-order valence-corrected chi connectivity index (χ1v) is 13.1. The van der Waals surface area contributed by atoms with Gasteiger partial charge in [-0.3, -0.25) is 0 Å². The number of halogens is 4. The third-order valence-electron chi connectivity index (χ3n) is 6.72. The summed E-state index contributed by atoms with van der Waals surface area (Å²) in [5.74, 6) is 0.167. The average molecular weight is 563 g/mol. The molecule has 0 saturated carbocycles. The third-order valence-corrected chi connectivity index (χ3v) is 8.53. The van der Waals surface area contributed by atoms with Crippen LogP contribution in [0.5, 0.6) is 5.75 Å². The number of esters is 1. The van der Waals surface area contributed by atoms with E-state index < -0.39 is 12.1 Å². The smallest absolute Gasteiger partial charge is 0.341 e. The van der Waals surface area contributed by atoms with Crippen LogP contribution in [0.4, 0.5) is 5.69 Å². The first-order valence-electron chi connectivity index (χ1n) is 11.6. The molecule has 2 heterocycles. The molecule has 0 aliphatic carbocycles. The van der Waals surface area contributed by atoms with E-state index in [0.717, 1.165) is 41.1 Å². The Balaban J connectivity index is 1.65. The number of cyclic esters (lactones) is 1. The lowest BCUT2D eigenvalue weighted by atomic mass is 9.91. The van der Waals surface area contributed by atoms with Gasteiger partial charge in [0.1, 0.15) is 11.9 Å². The zero-order valence-corrected chi connectivity index (χ0v) is 22.7. The summed E-state index contributed by atoms with van der Waals surface area (Å²) in [6.07, 6.45) is 3.51. The molecule has 2 aliphatic rings. The molecule has 3 aromatic rings. The number of methoxy groups -OCH3 is 1. The van der Waals surface area contributed by atoms with Crippen molar-refractivity contribution in [3.8, 4) is 5.75 Å². The summed E-state index contributed by atoms with van der Waals surface area (Å²) in [7, 11) is 1.64. The maximum absolute atomic E-state index is 12.8. The second-order valence-corrected chi connectivity index (χ2v) is 10.4. The van der Waals surface area contributed by atoms with Gasteiger partial charge < -0.3 is 14.4 Å². The number of anilines is 1. The van der Waals surface area contributed by atoms with Gasteiger partial charge in [0, 0.05) is 24.3 Å². The van der Waals surface area contributed by atoms with E-state index in [1.807, 2.05) is 31.2 Å². The molecule has 1 unspecified atom stereocenters. The van der Waals surface area contributed by atoms with Crippen LogP contribution in [0, 0.1) is 6.92 Å². The van der Waals surface area contributed by atoms with Gasteiger partial charge in [0.2, 0.25) is 0 Å². The number of hydrogen-bond donors (Lipinski definition) is 0. The molecule has 186 valence electrons. The van der Waals surface area contributed by atoms with Gasteiger partial charge in [-0.25, -0.2) is 4.79 Å². The van der Waals surface area contributed by atoms with Gasteiger partial charge in [0.15, 0.2) is 0 Å². The molecule has 4 nitrogen and oxygen atoms in total. The summed E-state index contributed by atoms with van der Waals surface area (Å²) >= 11 is 25.5. The topological polar surface area (TPSA) is 38.8 Å². The van der Waals surface area contributed by atoms with Crippen molar-refractivity contribution in [2.24, 2.45) is 0 Å². The molecule has 2 aliphatic heterocycles. The molecule has 1 fully saturated rings. The second-order valence-electron chi connectivity index (χ2n) is 8.87. The average Bonchev–Trinajstić information content (AvgIpc) is 3.53. The maximum Gasteiger partial charge on any atom is 0.341 e. The predicted octanol–water partition coefficient (Wildman–Crippen LogP) is 8.56. The predicted molar refractivity (Wildman–Crippen MR) is 147 cm³/mol. The zero-order valence-electron chi connectivity index (χ0n) is 19.7. The van der Waals surface area contributed by atoms with Gasteiger partial charge in [-0.1, -0.05) is 64.6 Å². The van der Waals surface area contributed by atoms with Gasteiger partial charge in [0.05, 0.1) is 32.8 Å². The lowest BCUT2D eigenvalue weighted by Crippen LogP contribution is -2.17. The van der Waals surface area contributed by atoms with Crippen molar-refractivity contribution in [3.63, 3.8) is 0 Å². The molecular formula is C28H23Cl4NO3. The number of aryl methyl sites for hydroxylation is 1. The fourth-order valence-corrected chi connectivity index (χ4v) is 5.90. The number of rotatable bonds is 5. The molecule has 1 saturated heterocycles. The number of fused-ring (bicyclic) bond motifs is 1. The number of ether oxygens (including phenoxy) is 2. The first-order chi connectivity index (χ1) is 17.3. The Bertz CT molecular complexity index is 1380. The summed E-state index contributed by atoms with van der Waals surface area (Å²) in [6, 6.07) is 14.3. The Kier molecular flexibility index (Phi) is 7.15. The number of carbonyl (C=O) groups excluding carboxylic acids is 1. The van der Waals surface area contributed by atoms with Gasteiger partial charge in [0.25, 0.3) is 0 Å². The van der Waals surface area contributed by atoms with Crippen molar-refractivity contribution in [1.29, 1.82) is 0 Å². The molecule has 0 spiro atoms. The standard InChI is InChI=1S/C28H23Cl4NO3/c1-15-13-18(35-2)9-10-19(15)20(16-5-7-17(8-6-16)33-11-3-4-12-33)14-21-22-23(28(34)36-21)25(30)27(32)26(31)24(22)29/h5-10,13-14,21H,3-4,11-12H2,1-2H3/b20-14-. The van der Waals surface area contributed by atoms with E-state index in [2.05, 4.69) is 29.2 Å². The summed E-state index contributed by atoms with van der Waals surface area (Å²) in [4.78, 5) is 15.2. The Hall–Kier alpha value is -2.37. The fraction of sp³-hybridized carbons (Fsp3) is 0.250. The molecular weight excluding hydrogens is 540 g/mol. The summed E-state index contributed by atoms with van der Waals surface area (Å²) in [5.41, 5.74) is 5.58. The van der Waals surface area contributed by atoms with Crippen LogP contribution in [-0.4, -0.2) is 26.2 Å². The quantitative estimate of drug-likeness (QED) is 0.177. The Morgan fingerprint density at radius 1 is 0.972 bits per heavy atom. The highest BCUT2D eigenvalue weighted by Gasteiger charge is 2.37. The van der Waals surface area contributed by atoms with E-state index in [1.54, 1.807) is 7.11 Å². The van der Waals surface area contributed by atoms with E-state index in [9.17, 15) is 4.79 Å². The Morgan fingerprint density at radius 2 is 1.64 bits per heavy atom. The van der Waals surface area contributed by atoms with Crippen LogP contribution in [0.2, 0.25) is 20.1 Å². The molecule has 3 aromatic carbocycles. The van der Waals surface area contributed by atoms with Crippen LogP contribution in [0.25, 0.3) is 5.57 Å². The maximum atomic E-state index is 12.8. The molecule has 0 aromatic heterocycles. The zero-order chi connectivity index (χ0) is 25.6. The first kappa shape index (κ1) is 25.3. The van der Waals surface area contributed by atoms with E-state index in [1.165, 1.54) is 18.5 Å². The van der Waals surface area contributed by atoms with E-state index in [0.29, 0.717) is 5.56 Å². The van der Waals surface area contributed by atoms with Crippen molar-refractivity contribution in [1.82, 2.24) is 0 Å². The minimum atomic E-state index is -0.790. The molecule has 0 N–H and O–H groups in total. The van der Waals surface area contributed by atoms with Crippen molar-refractivity contribution >= 4 is 63.6 Å². The fourth-order valence-electron chi connectivity index (χ4n) is 4.85. The summed E-state index contributed by atoms with van der Waals surface area (Å²) in [6.45, 7) is 4.15. The van der Waals surface area contributed by atoms with Crippen molar-refractivity contribution < 1.29 is 14.3 Å². The van der Waals surface area contributed by atoms with Crippen LogP contribution in [0.1, 0.15) is 51.6 Å². The molecule has 5 rings (SSSR count). The summed E-state index contributed by atoms with van der Waals surface area (Å²) in [5, 5.41) is 0.325. The number of benzene rings is 3. The lowest BCUT2D eigenvalue weighted by Gasteiger charge is -2.19. The second kappa shape index (κ2) is 10.2. The largest absolute Gasteiger partial charge is 0.497 e. The number of carbonyl (C=O) groups is 1. The minimum absolute atomic E-state index is 0.0346. The Labute approximate surface area is 230 Å². The molecule has 8 heteroatoms. The van der Waals surface area contributed by atoms with Crippen LogP contribution in [0.3, 0.4) is 0 Å². The molecule has 0 amide bonds. The van der Waals surface area contributed by atoms with Crippen LogP contribution < -0.4 is 9.64 Å². The normalized spacial score (nSPS) is 17.4. The molecule has 1 atom stereocenters. The van der Waals surface area contributed by atoms with Gasteiger partial charge in [-0.2, -0.15) is 0 Å². The van der Waals surface area contributed by atoms with Crippen LogP contribution in [-0.2, 0) is 4.74 Å². The monoisotopic (exact) mass is 561 g/mol. The third kappa shape index (κ3) is 4.45. The van der Waals surface area contributed by atoms with Crippen LogP contribution in [0.15, 0.2) is 48.5 Å². The highest BCUT2D eigenvalue weighted by atomic mass is 35.5. The van der Waals surface area contributed by atoms with Gasteiger partial charge >= 0.3 is 5.97 Å². The minimum Gasteiger partial charge on any atom is -0.497 e. The van der Waals surface area contributed by atoms with Crippen molar-refractivity contribution in [2.75, 3.05) is 25.1 Å². The van der Waals surface area contributed by atoms with Gasteiger partial charge in [-0.15, -0.1) is 0 Å². The van der Waals surface area contributed by atoms with Gasteiger partial charge in [-0.05, 0) is 72.4 Å². The highest BCUT2D eigenvalue weighted by Crippen LogP contribution is 2.49. The van der Waals surface area contributed by atoms with E-state index in [-0.39, 0.29) is 25.7 Å². The molecule has 0 bridgehead atoms. The van der Waals surface area contributed by atoms with Crippen molar-refractivity contribution in [2.45, 2.75) is 25.9 Å². The molecule has 0 radical (unpaired) electrons. The summed E-state index contributed by atoms with van der Waals surface area (Å²) < 4.78 is 11.1. The van der Waals surface area contributed by atoms with E-state index in [4.69, 9.17) is 55.9 Å².